The third-order valence-corrected chi connectivity index (χ3v) is 4.86. The van der Waals surface area contributed by atoms with Crippen molar-refractivity contribution in [2.24, 2.45) is 5.92 Å². The van der Waals surface area contributed by atoms with Crippen LogP contribution in [0.3, 0.4) is 0 Å². The van der Waals surface area contributed by atoms with Gasteiger partial charge in [0.1, 0.15) is 0 Å². The lowest BCUT2D eigenvalue weighted by Gasteiger charge is -2.38. The third kappa shape index (κ3) is 3.88. The van der Waals surface area contributed by atoms with Crippen LogP contribution in [0.25, 0.3) is 0 Å². The standard InChI is InChI=1S/C12H20N2O3S/c15-11(8-18-10-1-3-13-4-2-10)14-6-9(7-14)5-12(16)17/h9-10,13H,1-8H2,(H,16,17). The first-order chi connectivity index (χ1) is 8.65. The van der Waals surface area contributed by atoms with E-state index >= 15 is 0 Å². The van der Waals surface area contributed by atoms with Crippen molar-refractivity contribution in [2.75, 3.05) is 31.9 Å². The maximum atomic E-state index is 11.8. The molecule has 2 fully saturated rings. The number of likely N-dealkylation sites (tertiary alicyclic amines) is 1. The van der Waals surface area contributed by atoms with E-state index in [-0.39, 0.29) is 18.2 Å². The summed E-state index contributed by atoms with van der Waals surface area (Å²) in [5.41, 5.74) is 0. The number of nitrogens with one attached hydrogen (secondary N) is 1. The molecule has 0 bridgehead atoms. The summed E-state index contributed by atoms with van der Waals surface area (Å²) >= 11 is 1.75. The van der Waals surface area contributed by atoms with Crippen LogP contribution in [0.5, 0.6) is 0 Å². The number of piperidine rings is 1. The van der Waals surface area contributed by atoms with E-state index in [0.717, 1.165) is 25.9 Å². The van der Waals surface area contributed by atoms with E-state index in [4.69, 9.17) is 5.11 Å². The van der Waals surface area contributed by atoms with Crippen LogP contribution in [0.4, 0.5) is 0 Å². The maximum Gasteiger partial charge on any atom is 0.303 e. The summed E-state index contributed by atoms with van der Waals surface area (Å²) in [6, 6.07) is 0. The minimum Gasteiger partial charge on any atom is -0.481 e. The molecule has 2 saturated heterocycles. The van der Waals surface area contributed by atoms with Crippen LogP contribution < -0.4 is 5.32 Å². The zero-order chi connectivity index (χ0) is 13.0. The molecule has 0 saturated carbocycles. The Bertz CT molecular complexity index is 312. The van der Waals surface area contributed by atoms with Gasteiger partial charge in [-0.2, -0.15) is 0 Å². The van der Waals surface area contributed by atoms with Gasteiger partial charge in [0.2, 0.25) is 5.91 Å². The van der Waals surface area contributed by atoms with Crippen molar-refractivity contribution in [1.82, 2.24) is 10.2 Å². The second-order valence-corrected chi connectivity index (χ2v) is 6.31. The molecule has 2 aliphatic rings. The molecule has 0 atom stereocenters. The Morgan fingerprint density at radius 1 is 1.28 bits per heavy atom. The number of carboxylic acid groups (broad SMARTS) is 1. The Hall–Kier alpha value is -0.750. The van der Waals surface area contributed by atoms with Crippen molar-refractivity contribution in [1.29, 1.82) is 0 Å². The SMILES string of the molecule is O=C(O)CC1CN(C(=O)CSC2CCNCC2)C1. The average Bonchev–Trinajstić information content (AvgIpc) is 2.31. The fraction of sp³-hybridized carbons (Fsp3) is 0.833. The Morgan fingerprint density at radius 3 is 2.56 bits per heavy atom. The lowest BCUT2D eigenvalue weighted by Crippen LogP contribution is -2.51. The Morgan fingerprint density at radius 2 is 1.94 bits per heavy atom. The predicted octanol–water partition coefficient (Wildman–Crippen LogP) is 0.405. The number of thioether (sulfide) groups is 1. The first-order valence-electron chi connectivity index (χ1n) is 6.47. The van der Waals surface area contributed by atoms with E-state index in [1.807, 2.05) is 0 Å². The van der Waals surface area contributed by atoms with Crippen molar-refractivity contribution in [3.05, 3.63) is 0 Å². The predicted molar refractivity (Wildman–Crippen MR) is 70.7 cm³/mol. The maximum absolute atomic E-state index is 11.8. The smallest absolute Gasteiger partial charge is 0.303 e. The van der Waals surface area contributed by atoms with Crippen LogP contribution in [-0.4, -0.2) is 59.1 Å². The summed E-state index contributed by atoms with van der Waals surface area (Å²) in [6.07, 6.45) is 2.46. The van der Waals surface area contributed by atoms with E-state index in [2.05, 4.69) is 5.32 Å². The van der Waals surface area contributed by atoms with Crippen LogP contribution in [0.15, 0.2) is 0 Å². The highest BCUT2D eigenvalue weighted by molar-refractivity contribution is 8.00. The number of amides is 1. The zero-order valence-electron chi connectivity index (χ0n) is 10.4. The van der Waals surface area contributed by atoms with E-state index < -0.39 is 5.97 Å². The Labute approximate surface area is 111 Å². The van der Waals surface area contributed by atoms with E-state index in [9.17, 15) is 9.59 Å². The molecule has 0 spiro atoms. The highest BCUT2D eigenvalue weighted by Gasteiger charge is 2.32. The topological polar surface area (TPSA) is 69.6 Å². The van der Waals surface area contributed by atoms with Gasteiger partial charge < -0.3 is 15.3 Å². The summed E-state index contributed by atoms with van der Waals surface area (Å²) in [6.45, 7) is 3.35. The highest BCUT2D eigenvalue weighted by atomic mass is 32.2. The molecule has 0 radical (unpaired) electrons. The second kappa shape index (κ2) is 6.43. The van der Waals surface area contributed by atoms with Gasteiger partial charge in [-0.15, -0.1) is 11.8 Å². The Kier molecular flexibility index (Phi) is 4.88. The molecule has 0 aliphatic carbocycles. The summed E-state index contributed by atoms with van der Waals surface area (Å²) < 4.78 is 0. The molecule has 18 heavy (non-hydrogen) atoms. The number of aliphatic carboxylic acids is 1. The van der Waals surface area contributed by atoms with Crippen LogP contribution in [0.2, 0.25) is 0 Å². The lowest BCUT2D eigenvalue weighted by molar-refractivity contribution is -0.143. The molecule has 1 amide bonds. The number of hydrogen-bond acceptors (Lipinski definition) is 4. The molecule has 2 aliphatic heterocycles. The van der Waals surface area contributed by atoms with Crippen molar-refractivity contribution >= 4 is 23.6 Å². The third-order valence-electron chi connectivity index (χ3n) is 3.50. The Balaban J connectivity index is 1.60. The van der Waals surface area contributed by atoms with Crippen LogP contribution in [0, 0.1) is 5.92 Å². The van der Waals surface area contributed by atoms with Gasteiger partial charge in [0.25, 0.3) is 0 Å². The van der Waals surface area contributed by atoms with Gasteiger partial charge in [-0.25, -0.2) is 0 Å². The molecular formula is C12H20N2O3S. The quantitative estimate of drug-likeness (QED) is 0.758. The number of carboxylic acids is 1. The fourth-order valence-electron chi connectivity index (χ4n) is 2.39. The van der Waals surface area contributed by atoms with Gasteiger partial charge in [0.15, 0.2) is 0 Å². The monoisotopic (exact) mass is 272 g/mol. The fourth-order valence-corrected chi connectivity index (χ4v) is 3.52. The van der Waals surface area contributed by atoms with Gasteiger partial charge >= 0.3 is 5.97 Å². The lowest BCUT2D eigenvalue weighted by atomic mass is 9.96. The largest absolute Gasteiger partial charge is 0.481 e. The molecular weight excluding hydrogens is 252 g/mol. The normalized spacial score (nSPS) is 21.7. The van der Waals surface area contributed by atoms with Gasteiger partial charge in [0, 0.05) is 24.3 Å². The highest BCUT2D eigenvalue weighted by Crippen LogP contribution is 2.24. The molecule has 6 heteroatoms. The van der Waals surface area contributed by atoms with Gasteiger partial charge in [-0.3, -0.25) is 9.59 Å². The first kappa shape index (κ1) is 13.7. The molecule has 0 unspecified atom stereocenters. The van der Waals surface area contributed by atoms with Crippen LogP contribution >= 0.6 is 11.8 Å². The number of hydrogen-bond donors (Lipinski definition) is 2. The van der Waals surface area contributed by atoms with Gasteiger partial charge in [0.05, 0.1) is 12.2 Å². The summed E-state index contributed by atoms with van der Waals surface area (Å²) in [4.78, 5) is 24.1. The zero-order valence-corrected chi connectivity index (χ0v) is 11.2. The summed E-state index contributed by atoms with van der Waals surface area (Å²) in [5, 5.41) is 12.5. The van der Waals surface area contributed by atoms with Crippen molar-refractivity contribution in [3.63, 3.8) is 0 Å². The molecule has 2 N–H and O–H groups in total. The molecule has 102 valence electrons. The molecule has 5 nitrogen and oxygen atoms in total. The molecule has 0 aromatic rings. The molecule has 2 rings (SSSR count). The first-order valence-corrected chi connectivity index (χ1v) is 7.52. The molecule has 0 aromatic carbocycles. The minimum absolute atomic E-state index is 0.162. The van der Waals surface area contributed by atoms with E-state index in [0.29, 0.717) is 24.1 Å². The minimum atomic E-state index is -0.767. The summed E-state index contributed by atoms with van der Waals surface area (Å²) in [5.74, 6) is 0.108. The summed E-state index contributed by atoms with van der Waals surface area (Å²) in [7, 11) is 0. The number of carbonyl (C=O) groups excluding carboxylic acids is 1. The number of nitrogens with zero attached hydrogens (tertiary/aromatic N) is 1. The van der Waals surface area contributed by atoms with Crippen molar-refractivity contribution in [2.45, 2.75) is 24.5 Å². The van der Waals surface area contributed by atoms with Gasteiger partial charge in [-0.1, -0.05) is 0 Å². The van der Waals surface area contributed by atoms with Crippen molar-refractivity contribution < 1.29 is 14.7 Å². The average molecular weight is 272 g/mol. The van der Waals surface area contributed by atoms with Gasteiger partial charge in [-0.05, 0) is 25.9 Å². The van der Waals surface area contributed by atoms with Crippen LogP contribution in [-0.2, 0) is 9.59 Å². The number of rotatable bonds is 5. The molecule has 2 heterocycles. The van der Waals surface area contributed by atoms with E-state index in [1.165, 1.54) is 0 Å². The van der Waals surface area contributed by atoms with Crippen LogP contribution in [0.1, 0.15) is 19.3 Å². The second-order valence-electron chi connectivity index (χ2n) is 5.02. The molecule has 0 aromatic heterocycles. The number of carbonyl (C=O) groups is 2. The van der Waals surface area contributed by atoms with Crippen molar-refractivity contribution in [3.8, 4) is 0 Å². The van der Waals surface area contributed by atoms with E-state index in [1.54, 1.807) is 16.7 Å².